The smallest absolute Gasteiger partial charge is 0.289 e. The standard InChI is InChI=1S/C22H24N2O2/c1-15-9-10-18(12-16(15)2)23-19-7-5-11-24(14-19)22(25)21-13-17-6-3-4-8-20(17)26-21/h3-4,6,8-10,12-13,19,23H,5,7,11,14H2,1-2H3. The van der Waals surface area contributed by atoms with Crippen molar-refractivity contribution < 1.29 is 9.21 Å². The number of piperidine rings is 1. The molecule has 1 aliphatic rings. The molecule has 2 aromatic carbocycles. The predicted molar refractivity (Wildman–Crippen MR) is 105 cm³/mol. The summed E-state index contributed by atoms with van der Waals surface area (Å²) in [5.74, 6) is 0.408. The summed E-state index contributed by atoms with van der Waals surface area (Å²) in [7, 11) is 0. The quantitative estimate of drug-likeness (QED) is 0.742. The van der Waals surface area contributed by atoms with E-state index in [1.807, 2.05) is 35.2 Å². The predicted octanol–water partition coefficient (Wildman–Crippen LogP) is 4.77. The lowest BCUT2D eigenvalue weighted by molar-refractivity contribution is 0.0685. The number of para-hydroxylation sites is 1. The summed E-state index contributed by atoms with van der Waals surface area (Å²) in [5, 5.41) is 4.56. The lowest BCUT2D eigenvalue weighted by Crippen LogP contribution is -2.45. The van der Waals surface area contributed by atoms with E-state index >= 15 is 0 Å². The number of carbonyl (C=O) groups excluding carboxylic acids is 1. The molecule has 4 nitrogen and oxygen atoms in total. The van der Waals surface area contributed by atoms with Crippen LogP contribution in [0, 0.1) is 13.8 Å². The van der Waals surface area contributed by atoms with Gasteiger partial charge in [0.1, 0.15) is 5.58 Å². The number of hydrogen-bond acceptors (Lipinski definition) is 3. The summed E-state index contributed by atoms with van der Waals surface area (Å²) < 4.78 is 5.75. The van der Waals surface area contributed by atoms with Gasteiger partial charge in [-0.1, -0.05) is 24.3 Å². The van der Waals surface area contributed by atoms with Crippen molar-refractivity contribution in [1.29, 1.82) is 0 Å². The number of aryl methyl sites for hydroxylation is 2. The minimum Gasteiger partial charge on any atom is -0.451 e. The van der Waals surface area contributed by atoms with Crippen molar-refractivity contribution in [3.05, 3.63) is 65.4 Å². The Hall–Kier alpha value is -2.75. The number of carbonyl (C=O) groups is 1. The Morgan fingerprint density at radius 2 is 1.96 bits per heavy atom. The van der Waals surface area contributed by atoms with E-state index in [1.54, 1.807) is 0 Å². The van der Waals surface area contributed by atoms with Crippen LogP contribution in [0.15, 0.2) is 52.9 Å². The third-order valence-corrected chi connectivity index (χ3v) is 5.22. The fourth-order valence-corrected chi connectivity index (χ4v) is 3.59. The Morgan fingerprint density at radius 3 is 2.77 bits per heavy atom. The molecule has 0 radical (unpaired) electrons. The molecule has 0 spiro atoms. The molecule has 1 N–H and O–H groups in total. The zero-order valence-electron chi connectivity index (χ0n) is 15.3. The Morgan fingerprint density at radius 1 is 1.12 bits per heavy atom. The SMILES string of the molecule is Cc1ccc(NC2CCCN(C(=O)c3cc4ccccc4o3)C2)cc1C. The van der Waals surface area contributed by atoms with E-state index in [-0.39, 0.29) is 11.9 Å². The highest BCUT2D eigenvalue weighted by atomic mass is 16.3. The number of amides is 1. The average Bonchev–Trinajstić information content (AvgIpc) is 3.08. The number of furan rings is 1. The molecule has 1 aliphatic heterocycles. The van der Waals surface area contributed by atoms with Gasteiger partial charge in [-0.3, -0.25) is 4.79 Å². The molecular formula is C22H24N2O2. The first-order chi connectivity index (χ1) is 12.6. The second-order valence-electron chi connectivity index (χ2n) is 7.18. The van der Waals surface area contributed by atoms with Crippen molar-refractivity contribution in [2.75, 3.05) is 18.4 Å². The van der Waals surface area contributed by atoms with Crippen molar-refractivity contribution in [3.8, 4) is 0 Å². The molecular weight excluding hydrogens is 324 g/mol. The number of anilines is 1. The molecule has 1 saturated heterocycles. The van der Waals surface area contributed by atoms with Gasteiger partial charge in [0, 0.05) is 30.2 Å². The van der Waals surface area contributed by atoms with E-state index < -0.39 is 0 Å². The third-order valence-electron chi connectivity index (χ3n) is 5.22. The minimum atomic E-state index is -0.0206. The summed E-state index contributed by atoms with van der Waals surface area (Å²) in [5.41, 5.74) is 4.45. The van der Waals surface area contributed by atoms with Gasteiger partial charge >= 0.3 is 0 Å². The number of likely N-dealkylation sites (tertiary alicyclic amines) is 1. The fraction of sp³-hybridized carbons (Fsp3) is 0.318. The van der Waals surface area contributed by atoms with E-state index in [1.165, 1.54) is 11.1 Å². The van der Waals surface area contributed by atoms with Crippen molar-refractivity contribution in [3.63, 3.8) is 0 Å². The van der Waals surface area contributed by atoms with Gasteiger partial charge in [-0.15, -0.1) is 0 Å². The normalized spacial score (nSPS) is 17.5. The molecule has 4 rings (SSSR count). The number of nitrogens with one attached hydrogen (secondary N) is 1. The first kappa shape index (κ1) is 16.7. The van der Waals surface area contributed by atoms with Crippen LogP contribution in [-0.4, -0.2) is 29.9 Å². The van der Waals surface area contributed by atoms with E-state index in [9.17, 15) is 4.79 Å². The maximum absolute atomic E-state index is 12.9. The Labute approximate surface area is 153 Å². The maximum atomic E-state index is 12.9. The Bertz CT molecular complexity index is 911. The minimum absolute atomic E-state index is 0.0206. The lowest BCUT2D eigenvalue weighted by Gasteiger charge is -2.33. The van der Waals surface area contributed by atoms with E-state index in [0.717, 1.165) is 36.0 Å². The topological polar surface area (TPSA) is 45.5 Å². The van der Waals surface area contributed by atoms with Gasteiger partial charge in [0.15, 0.2) is 5.76 Å². The van der Waals surface area contributed by atoms with Crippen LogP contribution in [0.3, 0.4) is 0 Å². The number of benzene rings is 2. The molecule has 4 heteroatoms. The van der Waals surface area contributed by atoms with Crippen molar-refractivity contribution in [2.45, 2.75) is 32.7 Å². The van der Waals surface area contributed by atoms with Crippen molar-refractivity contribution >= 4 is 22.6 Å². The van der Waals surface area contributed by atoms with Gasteiger partial charge < -0.3 is 14.6 Å². The lowest BCUT2D eigenvalue weighted by atomic mass is 10.0. The molecule has 0 bridgehead atoms. The fourth-order valence-electron chi connectivity index (χ4n) is 3.59. The number of fused-ring (bicyclic) bond motifs is 1. The monoisotopic (exact) mass is 348 g/mol. The average molecular weight is 348 g/mol. The summed E-state index contributed by atoms with van der Waals surface area (Å²) in [6, 6.07) is 16.3. The van der Waals surface area contributed by atoms with Gasteiger partial charge in [-0.25, -0.2) is 0 Å². The van der Waals surface area contributed by atoms with Gasteiger partial charge in [0.25, 0.3) is 5.91 Å². The molecule has 3 aromatic rings. The van der Waals surface area contributed by atoms with Crippen LogP contribution < -0.4 is 5.32 Å². The van der Waals surface area contributed by atoms with Crippen LogP contribution in [0.2, 0.25) is 0 Å². The molecule has 1 fully saturated rings. The second kappa shape index (κ2) is 6.87. The van der Waals surface area contributed by atoms with E-state index in [4.69, 9.17) is 4.42 Å². The zero-order chi connectivity index (χ0) is 18.1. The van der Waals surface area contributed by atoms with Crippen LogP contribution in [0.25, 0.3) is 11.0 Å². The van der Waals surface area contributed by atoms with Crippen LogP contribution >= 0.6 is 0 Å². The van der Waals surface area contributed by atoms with Gasteiger partial charge in [0.2, 0.25) is 0 Å². The highest BCUT2D eigenvalue weighted by Crippen LogP contribution is 2.23. The van der Waals surface area contributed by atoms with Gasteiger partial charge in [0.05, 0.1) is 0 Å². The molecule has 26 heavy (non-hydrogen) atoms. The van der Waals surface area contributed by atoms with E-state index in [0.29, 0.717) is 12.3 Å². The summed E-state index contributed by atoms with van der Waals surface area (Å²) in [6.45, 7) is 5.72. The zero-order valence-corrected chi connectivity index (χ0v) is 15.3. The summed E-state index contributed by atoms with van der Waals surface area (Å²) in [4.78, 5) is 14.8. The van der Waals surface area contributed by atoms with E-state index in [2.05, 4.69) is 37.4 Å². The molecule has 1 amide bonds. The van der Waals surface area contributed by atoms with Crippen LogP contribution in [0.4, 0.5) is 5.69 Å². The molecule has 134 valence electrons. The number of rotatable bonds is 3. The molecule has 1 unspecified atom stereocenters. The summed E-state index contributed by atoms with van der Waals surface area (Å²) in [6.07, 6.45) is 2.06. The molecule has 0 aliphatic carbocycles. The van der Waals surface area contributed by atoms with Crippen molar-refractivity contribution in [2.24, 2.45) is 0 Å². The molecule has 1 atom stereocenters. The highest BCUT2D eigenvalue weighted by Gasteiger charge is 2.26. The van der Waals surface area contributed by atoms with Gasteiger partial charge in [-0.2, -0.15) is 0 Å². The van der Waals surface area contributed by atoms with Crippen molar-refractivity contribution in [1.82, 2.24) is 4.90 Å². The Kier molecular flexibility index (Phi) is 4.41. The molecule has 1 aromatic heterocycles. The molecule has 0 saturated carbocycles. The summed E-state index contributed by atoms with van der Waals surface area (Å²) >= 11 is 0. The van der Waals surface area contributed by atoms with Crippen LogP contribution in [-0.2, 0) is 0 Å². The second-order valence-corrected chi connectivity index (χ2v) is 7.18. The largest absolute Gasteiger partial charge is 0.451 e. The maximum Gasteiger partial charge on any atom is 0.289 e. The Balaban J connectivity index is 1.47. The van der Waals surface area contributed by atoms with Gasteiger partial charge in [-0.05, 0) is 62.1 Å². The number of nitrogens with zero attached hydrogens (tertiary/aromatic N) is 1. The van der Waals surface area contributed by atoms with Crippen LogP contribution in [0.1, 0.15) is 34.5 Å². The molecule has 2 heterocycles. The van der Waals surface area contributed by atoms with Crippen LogP contribution in [0.5, 0.6) is 0 Å². The first-order valence-electron chi connectivity index (χ1n) is 9.22. The third kappa shape index (κ3) is 3.32. The number of hydrogen-bond donors (Lipinski definition) is 1. The first-order valence-corrected chi connectivity index (χ1v) is 9.22. The highest BCUT2D eigenvalue weighted by molar-refractivity contribution is 5.96.